The van der Waals surface area contributed by atoms with Gasteiger partial charge in [0, 0.05) is 6.54 Å². The van der Waals surface area contributed by atoms with Gasteiger partial charge >= 0.3 is 0 Å². The molecule has 0 aliphatic carbocycles. The SMILES string of the molecule is CCc1ccc(OCC(=O)NC[C@H](c2ccco2)N(C)C)cc1. The summed E-state index contributed by atoms with van der Waals surface area (Å²) < 4.78 is 10.9. The topological polar surface area (TPSA) is 54.7 Å². The van der Waals surface area contributed by atoms with Gasteiger partial charge in [-0.15, -0.1) is 0 Å². The molecule has 0 saturated carbocycles. The number of carbonyl (C=O) groups excluding carboxylic acids is 1. The van der Waals surface area contributed by atoms with E-state index in [0.29, 0.717) is 12.3 Å². The molecule has 1 atom stereocenters. The fraction of sp³-hybridized carbons (Fsp3) is 0.389. The number of ether oxygens (including phenoxy) is 1. The van der Waals surface area contributed by atoms with Crippen LogP contribution in [0.2, 0.25) is 0 Å². The van der Waals surface area contributed by atoms with E-state index in [1.807, 2.05) is 55.4 Å². The number of carbonyl (C=O) groups is 1. The van der Waals surface area contributed by atoms with Crippen molar-refractivity contribution in [3.63, 3.8) is 0 Å². The summed E-state index contributed by atoms with van der Waals surface area (Å²) in [6, 6.07) is 11.5. The fourth-order valence-corrected chi connectivity index (χ4v) is 2.25. The molecule has 1 heterocycles. The lowest BCUT2D eigenvalue weighted by Crippen LogP contribution is -2.36. The molecule has 1 aromatic carbocycles. The Kier molecular flexibility index (Phi) is 6.23. The number of nitrogens with one attached hydrogen (secondary N) is 1. The molecular formula is C18H24N2O3. The maximum Gasteiger partial charge on any atom is 0.258 e. The summed E-state index contributed by atoms with van der Waals surface area (Å²) in [6.07, 6.45) is 2.62. The van der Waals surface area contributed by atoms with E-state index in [4.69, 9.17) is 9.15 Å². The molecule has 1 amide bonds. The third-order valence-corrected chi connectivity index (χ3v) is 3.69. The Labute approximate surface area is 137 Å². The number of hydrogen-bond acceptors (Lipinski definition) is 4. The van der Waals surface area contributed by atoms with E-state index in [1.165, 1.54) is 5.56 Å². The molecule has 2 rings (SSSR count). The summed E-state index contributed by atoms with van der Waals surface area (Å²) in [4.78, 5) is 14.0. The lowest BCUT2D eigenvalue weighted by Gasteiger charge is -2.22. The Bertz CT molecular complexity index is 591. The molecule has 0 bridgehead atoms. The number of benzene rings is 1. The van der Waals surface area contributed by atoms with E-state index in [0.717, 1.165) is 12.2 Å². The van der Waals surface area contributed by atoms with Crippen molar-refractivity contribution in [2.45, 2.75) is 19.4 Å². The molecule has 2 aromatic rings. The summed E-state index contributed by atoms with van der Waals surface area (Å²) in [5, 5.41) is 2.88. The summed E-state index contributed by atoms with van der Waals surface area (Å²) in [5.41, 5.74) is 1.24. The highest BCUT2D eigenvalue weighted by Crippen LogP contribution is 2.17. The Balaban J connectivity index is 1.79. The first-order valence-electron chi connectivity index (χ1n) is 7.78. The van der Waals surface area contributed by atoms with Crippen LogP contribution in [0.1, 0.15) is 24.3 Å². The van der Waals surface area contributed by atoms with Crippen LogP contribution in [0.25, 0.3) is 0 Å². The fourth-order valence-electron chi connectivity index (χ4n) is 2.25. The average molecular weight is 316 g/mol. The summed E-state index contributed by atoms with van der Waals surface area (Å²) in [6.45, 7) is 2.57. The summed E-state index contributed by atoms with van der Waals surface area (Å²) in [7, 11) is 3.90. The van der Waals surface area contributed by atoms with Gasteiger partial charge in [-0.05, 0) is 50.3 Å². The minimum Gasteiger partial charge on any atom is -0.484 e. The highest BCUT2D eigenvalue weighted by Gasteiger charge is 2.17. The van der Waals surface area contributed by atoms with Crippen LogP contribution in [0.5, 0.6) is 5.75 Å². The normalized spacial score (nSPS) is 12.2. The van der Waals surface area contributed by atoms with Crippen LogP contribution in [0.4, 0.5) is 0 Å². The monoisotopic (exact) mass is 316 g/mol. The van der Waals surface area contributed by atoms with Crippen molar-refractivity contribution in [1.82, 2.24) is 10.2 Å². The Hall–Kier alpha value is -2.27. The van der Waals surface area contributed by atoms with Crippen LogP contribution in [0.3, 0.4) is 0 Å². The zero-order chi connectivity index (χ0) is 16.7. The maximum atomic E-state index is 12.0. The predicted octanol–water partition coefficient (Wildman–Crippen LogP) is 2.64. The number of aryl methyl sites for hydroxylation is 1. The van der Waals surface area contributed by atoms with Gasteiger partial charge in [0.15, 0.2) is 6.61 Å². The molecule has 1 N–H and O–H groups in total. The zero-order valence-corrected chi connectivity index (χ0v) is 13.9. The minimum atomic E-state index is -0.150. The van der Waals surface area contributed by atoms with E-state index >= 15 is 0 Å². The summed E-state index contributed by atoms with van der Waals surface area (Å²) in [5.74, 6) is 1.38. The van der Waals surface area contributed by atoms with Crippen LogP contribution >= 0.6 is 0 Å². The average Bonchev–Trinajstić information content (AvgIpc) is 3.07. The van der Waals surface area contributed by atoms with Gasteiger partial charge in [0.1, 0.15) is 11.5 Å². The second kappa shape index (κ2) is 8.39. The Morgan fingerprint density at radius 3 is 2.57 bits per heavy atom. The van der Waals surface area contributed by atoms with Gasteiger partial charge in [0.25, 0.3) is 5.91 Å². The van der Waals surface area contributed by atoms with Gasteiger partial charge in [-0.3, -0.25) is 9.69 Å². The Morgan fingerprint density at radius 2 is 2.00 bits per heavy atom. The van der Waals surface area contributed by atoms with E-state index in [1.54, 1.807) is 6.26 Å². The molecule has 0 spiro atoms. The molecule has 0 saturated heterocycles. The smallest absolute Gasteiger partial charge is 0.258 e. The van der Waals surface area contributed by atoms with Crippen molar-refractivity contribution in [1.29, 1.82) is 0 Å². The lowest BCUT2D eigenvalue weighted by molar-refractivity contribution is -0.123. The van der Waals surface area contributed by atoms with Gasteiger partial charge in [0.05, 0.1) is 12.3 Å². The highest BCUT2D eigenvalue weighted by atomic mass is 16.5. The third kappa shape index (κ3) is 5.14. The number of likely N-dealkylation sites (N-methyl/N-ethyl adjacent to an activating group) is 1. The number of nitrogens with zero attached hydrogens (tertiary/aromatic N) is 1. The molecular weight excluding hydrogens is 292 g/mol. The molecule has 0 aliphatic heterocycles. The van der Waals surface area contributed by atoms with Crippen molar-refractivity contribution in [2.24, 2.45) is 0 Å². The lowest BCUT2D eigenvalue weighted by atomic mass is 10.2. The number of hydrogen-bond donors (Lipinski definition) is 1. The molecule has 0 radical (unpaired) electrons. The largest absolute Gasteiger partial charge is 0.484 e. The maximum absolute atomic E-state index is 12.0. The first-order valence-corrected chi connectivity index (χ1v) is 7.78. The first kappa shape index (κ1) is 17.1. The van der Waals surface area contributed by atoms with Gasteiger partial charge in [0.2, 0.25) is 0 Å². The summed E-state index contributed by atoms with van der Waals surface area (Å²) >= 11 is 0. The molecule has 0 aliphatic rings. The van der Waals surface area contributed by atoms with Gasteiger partial charge in [-0.1, -0.05) is 19.1 Å². The molecule has 0 unspecified atom stereocenters. The van der Waals surface area contributed by atoms with Gasteiger partial charge in [-0.25, -0.2) is 0 Å². The van der Waals surface area contributed by atoms with E-state index < -0.39 is 0 Å². The van der Waals surface area contributed by atoms with Crippen molar-refractivity contribution in [2.75, 3.05) is 27.2 Å². The second-order valence-corrected chi connectivity index (χ2v) is 5.59. The van der Waals surface area contributed by atoms with Crippen LogP contribution < -0.4 is 10.1 Å². The van der Waals surface area contributed by atoms with Crippen LogP contribution in [-0.4, -0.2) is 38.1 Å². The van der Waals surface area contributed by atoms with Crippen molar-refractivity contribution >= 4 is 5.91 Å². The van der Waals surface area contributed by atoms with Crippen molar-refractivity contribution in [3.05, 3.63) is 54.0 Å². The molecule has 124 valence electrons. The predicted molar refractivity (Wildman–Crippen MR) is 89.5 cm³/mol. The Morgan fingerprint density at radius 1 is 1.26 bits per heavy atom. The van der Waals surface area contributed by atoms with Crippen molar-refractivity contribution in [3.8, 4) is 5.75 Å². The molecule has 0 fully saturated rings. The molecule has 1 aromatic heterocycles. The second-order valence-electron chi connectivity index (χ2n) is 5.59. The molecule has 5 heteroatoms. The first-order chi connectivity index (χ1) is 11.1. The van der Waals surface area contributed by atoms with E-state index in [-0.39, 0.29) is 18.6 Å². The molecule has 5 nitrogen and oxygen atoms in total. The van der Waals surface area contributed by atoms with E-state index in [2.05, 4.69) is 12.2 Å². The number of furan rings is 1. The molecule has 23 heavy (non-hydrogen) atoms. The van der Waals surface area contributed by atoms with Crippen LogP contribution in [0.15, 0.2) is 47.1 Å². The van der Waals surface area contributed by atoms with E-state index in [9.17, 15) is 4.79 Å². The van der Waals surface area contributed by atoms with Gasteiger partial charge in [-0.2, -0.15) is 0 Å². The van der Waals surface area contributed by atoms with Gasteiger partial charge < -0.3 is 14.5 Å². The number of amides is 1. The van der Waals surface area contributed by atoms with Crippen LogP contribution in [-0.2, 0) is 11.2 Å². The van der Waals surface area contributed by atoms with Crippen LogP contribution in [0, 0.1) is 0 Å². The highest BCUT2D eigenvalue weighted by molar-refractivity contribution is 5.77. The standard InChI is InChI=1S/C18H24N2O3/c1-4-14-7-9-15(10-8-14)23-13-18(21)19-12-16(20(2)3)17-6-5-11-22-17/h5-11,16H,4,12-13H2,1-3H3,(H,19,21)/t16-/m1/s1. The zero-order valence-electron chi connectivity index (χ0n) is 13.9. The number of rotatable bonds is 8. The third-order valence-electron chi connectivity index (χ3n) is 3.69. The minimum absolute atomic E-state index is 0.00205. The van der Waals surface area contributed by atoms with Crippen molar-refractivity contribution < 1.29 is 13.9 Å². The quantitative estimate of drug-likeness (QED) is 0.813.